The van der Waals surface area contributed by atoms with Crippen LogP contribution in [0.15, 0.2) is 18.2 Å². The van der Waals surface area contributed by atoms with E-state index in [1.807, 2.05) is 13.8 Å². The van der Waals surface area contributed by atoms with Crippen LogP contribution in [0.4, 0.5) is 8.78 Å². The van der Waals surface area contributed by atoms with E-state index in [1.54, 1.807) is 6.92 Å². The molecule has 1 aromatic rings. The molecule has 114 valence electrons. The van der Waals surface area contributed by atoms with Crippen molar-refractivity contribution in [2.75, 3.05) is 0 Å². The molecule has 2 amide bonds. The molecular formula is C15H18F2N2O2. The Labute approximate surface area is 122 Å². The van der Waals surface area contributed by atoms with Crippen molar-refractivity contribution in [1.29, 1.82) is 0 Å². The molecule has 2 unspecified atom stereocenters. The van der Waals surface area contributed by atoms with E-state index in [-0.39, 0.29) is 24.3 Å². The van der Waals surface area contributed by atoms with Crippen LogP contribution in [0.2, 0.25) is 0 Å². The van der Waals surface area contributed by atoms with Crippen LogP contribution < -0.4 is 5.32 Å². The van der Waals surface area contributed by atoms with Crippen LogP contribution in [-0.4, -0.2) is 28.8 Å². The van der Waals surface area contributed by atoms with E-state index in [0.717, 1.165) is 12.1 Å². The maximum atomic E-state index is 13.3. The summed E-state index contributed by atoms with van der Waals surface area (Å²) in [4.78, 5) is 25.8. The fraction of sp³-hybridized carbons (Fsp3) is 0.467. The predicted octanol–water partition coefficient (Wildman–Crippen LogP) is 1.84. The minimum absolute atomic E-state index is 0.0404. The van der Waals surface area contributed by atoms with Gasteiger partial charge in [-0.1, -0.05) is 19.9 Å². The van der Waals surface area contributed by atoms with Gasteiger partial charge in [0.05, 0.1) is 0 Å². The number of piperazine rings is 1. The lowest BCUT2D eigenvalue weighted by molar-refractivity contribution is -0.150. The van der Waals surface area contributed by atoms with Gasteiger partial charge in [0.2, 0.25) is 11.8 Å². The molecule has 0 radical (unpaired) electrons. The van der Waals surface area contributed by atoms with Crippen molar-refractivity contribution in [3.05, 3.63) is 35.4 Å². The summed E-state index contributed by atoms with van der Waals surface area (Å²) in [5, 5.41) is 2.69. The van der Waals surface area contributed by atoms with Crippen LogP contribution in [0.25, 0.3) is 0 Å². The third kappa shape index (κ3) is 3.04. The first-order valence-electron chi connectivity index (χ1n) is 6.86. The first-order chi connectivity index (χ1) is 9.81. The third-order valence-electron chi connectivity index (χ3n) is 3.70. The van der Waals surface area contributed by atoms with Crippen molar-refractivity contribution in [2.45, 2.75) is 39.4 Å². The van der Waals surface area contributed by atoms with Crippen LogP contribution in [0.3, 0.4) is 0 Å². The summed E-state index contributed by atoms with van der Waals surface area (Å²) >= 11 is 0. The molecule has 21 heavy (non-hydrogen) atoms. The fourth-order valence-corrected chi connectivity index (χ4v) is 2.35. The van der Waals surface area contributed by atoms with Crippen molar-refractivity contribution in [1.82, 2.24) is 10.2 Å². The Bertz CT molecular complexity index is 575. The highest BCUT2D eigenvalue weighted by atomic mass is 19.2. The highest BCUT2D eigenvalue weighted by Crippen LogP contribution is 2.19. The SMILES string of the molecule is CC(C)C1NC(=O)C(C)N(Cc2ccc(F)c(F)c2)C1=O. The maximum Gasteiger partial charge on any atom is 0.246 e. The molecular weight excluding hydrogens is 278 g/mol. The standard InChI is InChI=1S/C15H18F2N2O2/c1-8(2)13-15(21)19(9(3)14(20)18-13)7-10-4-5-11(16)12(17)6-10/h4-6,8-9,13H,7H2,1-3H3,(H,18,20). The normalized spacial score (nSPS) is 22.7. The highest BCUT2D eigenvalue weighted by molar-refractivity contribution is 5.96. The topological polar surface area (TPSA) is 49.4 Å². The van der Waals surface area contributed by atoms with Gasteiger partial charge in [0.25, 0.3) is 0 Å². The van der Waals surface area contributed by atoms with Crippen LogP contribution in [-0.2, 0) is 16.1 Å². The van der Waals surface area contributed by atoms with Gasteiger partial charge in [0.1, 0.15) is 12.1 Å². The van der Waals surface area contributed by atoms with E-state index in [2.05, 4.69) is 5.32 Å². The molecule has 0 saturated carbocycles. The molecule has 0 aromatic heterocycles. The molecule has 1 aliphatic rings. The van der Waals surface area contributed by atoms with Crippen molar-refractivity contribution in [3.63, 3.8) is 0 Å². The van der Waals surface area contributed by atoms with E-state index < -0.39 is 23.7 Å². The van der Waals surface area contributed by atoms with Gasteiger partial charge in [-0.15, -0.1) is 0 Å². The van der Waals surface area contributed by atoms with Crippen LogP contribution in [0.5, 0.6) is 0 Å². The average molecular weight is 296 g/mol. The third-order valence-corrected chi connectivity index (χ3v) is 3.70. The highest BCUT2D eigenvalue weighted by Gasteiger charge is 2.39. The Balaban J connectivity index is 2.24. The zero-order chi connectivity index (χ0) is 15.7. The van der Waals surface area contributed by atoms with Crippen molar-refractivity contribution in [2.24, 2.45) is 5.92 Å². The molecule has 1 N–H and O–H groups in total. The Morgan fingerprint density at radius 2 is 1.90 bits per heavy atom. The Hall–Kier alpha value is -1.98. The lowest BCUT2D eigenvalue weighted by atomic mass is 9.98. The second kappa shape index (κ2) is 5.79. The number of carbonyl (C=O) groups is 2. The molecule has 1 saturated heterocycles. The second-order valence-electron chi connectivity index (χ2n) is 5.62. The van der Waals surface area contributed by atoms with E-state index in [0.29, 0.717) is 5.56 Å². The van der Waals surface area contributed by atoms with Gasteiger partial charge >= 0.3 is 0 Å². The summed E-state index contributed by atoms with van der Waals surface area (Å²) in [5.74, 6) is -2.39. The number of hydrogen-bond acceptors (Lipinski definition) is 2. The van der Waals surface area contributed by atoms with Gasteiger partial charge in [-0.2, -0.15) is 0 Å². The summed E-state index contributed by atoms with van der Waals surface area (Å²) in [5.41, 5.74) is 0.450. The van der Waals surface area contributed by atoms with Gasteiger partial charge in [-0.3, -0.25) is 9.59 Å². The monoisotopic (exact) mass is 296 g/mol. The summed E-state index contributed by atoms with van der Waals surface area (Å²) in [6, 6.07) is 2.25. The summed E-state index contributed by atoms with van der Waals surface area (Å²) in [7, 11) is 0. The minimum atomic E-state index is -0.963. The second-order valence-corrected chi connectivity index (χ2v) is 5.62. The molecule has 1 aromatic carbocycles. The molecule has 4 nitrogen and oxygen atoms in total. The molecule has 2 atom stereocenters. The quantitative estimate of drug-likeness (QED) is 0.925. The Morgan fingerprint density at radius 3 is 2.48 bits per heavy atom. The number of hydrogen-bond donors (Lipinski definition) is 1. The van der Waals surface area contributed by atoms with E-state index in [4.69, 9.17) is 0 Å². The smallest absolute Gasteiger partial charge is 0.246 e. The lowest BCUT2D eigenvalue weighted by Crippen LogP contribution is -2.63. The zero-order valence-corrected chi connectivity index (χ0v) is 12.2. The van der Waals surface area contributed by atoms with Gasteiger partial charge in [-0.05, 0) is 30.5 Å². The Morgan fingerprint density at radius 1 is 1.24 bits per heavy atom. The number of carbonyl (C=O) groups excluding carboxylic acids is 2. The number of nitrogens with one attached hydrogen (secondary N) is 1. The lowest BCUT2D eigenvalue weighted by Gasteiger charge is -2.38. The van der Waals surface area contributed by atoms with E-state index in [1.165, 1.54) is 11.0 Å². The first kappa shape index (κ1) is 15.4. The van der Waals surface area contributed by atoms with Crippen LogP contribution in [0.1, 0.15) is 26.3 Å². The number of amides is 2. The van der Waals surface area contributed by atoms with Crippen LogP contribution >= 0.6 is 0 Å². The van der Waals surface area contributed by atoms with E-state index >= 15 is 0 Å². The van der Waals surface area contributed by atoms with Crippen molar-refractivity contribution >= 4 is 11.8 Å². The number of halogens is 2. The minimum Gasteiger partial charge on any atom is -0.342 e. The zero-order valence-electron chi connectivity index (χ0n) is 12.2. The largest absolute Gasteiger partial charge is 0.342 e. The number of rotatable bonds is 3. The van der Waals surface area contributed by atoms with E-state index in [9.17, 15) is 18.4 Å². The van der Waals surface area contributed by atoms with Gasteiger partial charge in [0, 0.05) is 6.54 Å². The van der Waals surface area contributed by atoms with Gasteiger partial charge in [-0.25, -0.2) is 8.78 Å². The molecule has 0 bridgehead atoms. The predicted molar refractivity (Wildman–Crippen MR) is 73.1 cm³/mol. The Kier molecular flexibility index (Phi) is 4.25. The van der Waals surface area contributed by atoms with Gasteiger partial charge < -0.3 is 10.2 Å². The maximum absolute atomic E-state index is 13.3. The summed E-state index contributed by atoms with van der Waals surface area (Å²) in [6.45, 7) is 5.38. The molecule has 2 rings (SSSR count). The first-order valence-corrected chi connectivity index (χ1v) is 6.86. The molecule has 1 heterocycles. The molecule has 1 fully saturated rings. The molecule has 6 heteroatoms. The number of nitrogens with zero attached hydrogens (tertiary/aromatic N) is 1. The molecule has 1 aliphatic heterocycles. The van der Waals surface area contributed by atoms with Crippen LogP contribution in [0, 0.1) is 17.6 Å². The van der Waals surface area contributed by atoms with Crippen molar-refractivity contribution in [3.8, 4) is 0 Å². The number of benzene rings is 1. The average Bonchev–Trinajstić information content (AvgIpc) is 2.42. The molecule has 0 aliphatic carbocycles. The summed E-state index contributed by atoms with van der Waals surface area (Å²) < 4.78 is 26.2. The van der Waals surface area contributed by atoms with Gasteiger partial charge in [0.15, 0.2) is 11.6 Å². The van der Waals surface area contributed by atoms with Crippen molar-refractivity contribution < 1.29 is 18.4 Å². The fourth-order valence-electron chi connectivity index (χ4n) is 2.35. The summed E-state index contributed by atoms with van der Waals surface area (Å²) in [6.07, 6.45) is 0. The molecule has 0 spiro atoms.